The first-order chi connectivity index (χ1) is 9.04. The predicted octanol–water partition coefficient (Wildman–Crippen LogP) is 1.61. The molecule has 1 amide bonds. The molecule has 0 aromatic heterocycles. The molecule has 2 atom stereocenters. The van der Waals surface area contributed by atoms with Crippen LogP contribution in [-0.2, 0) is 4.79 Å². The second-order valence-corrected chi connectivity index (χ2v) is 6.02. The summed E-state index contributed by atoms with van der Waals surface area (Å²) in [5, 5.41) is 6.39. The van der Waals surface area contributed by atoms with E-state index in [4.69, 9.17) is 0 Å². The fourth-order valence-electron chi connectivity index (χ4n) is 2.49. The monoisotopic (exact) mass is 269 g/mol. The van der Waals surface area contributed by atoms with Crippen molar-refractivity contribution >= 4 is 5.91 Å². The summed E-state index contributed by atoms with van der Waals surface area (Å²) >= 11 is 0. The molecular weight excluding hydrogens is 238 g/mol. The zero-order chi connectivity index (χ0) is 14.3. The number of hydrogen-bond acceptors (Lipinski definition) is 3. The Morgan fingerprint density at radius 2 is 2.21 bits per heavy atom. The Morgan fingerprint density at radius 1 is 1.47 bits per heavy atom. The molecular formula is C15H31N3O. The zero-order valence-corrected chi connectivity index (χ0v) is 13.0. The maximum absolute atomic E-state index is 12.1. The highest BCUT2D eigenvalue weighted by atomic mass is 16.2. The lowest BCUT2D eigenvalue weighted by atomic mass is 9.90. The highest BCUT2D eigenvalue weighted by Gasteiger charge is 2.25. The summed E-state index contributed by atoms with van der Waals surface area (Å²) in [6.07, 6.45) is 4.41. The van der Waals surface area contributed by atoms with E-state index in [0.29, 0.717) is 12.0 Å². The minimum absolute atomic E-state index is 0.0292. The molecule has 112 valence electrons. The number of carbonyl (C=O) groups is 1. The Kier molecular flexibility index (Phi) is 7.39. The van der Waals surface area contributed by atoms with E-state index in [-0.39, 0.29) is 11.9 Å². The van der Waals surface area contributed by atoms with Gasteiger partial charge in [0.05, 0.1) is 6.04 Å². The van der Waals surface area contributed by atoms with Gasteiger partial charge in [0.25, 0.3) is 0 Å². The van der Waals surface area contributed by atoms with Gasteiger partial charge in [-0.15, -0.1) is 0 Å². The van der Waals surface area contributed by atoms with E-state index < -0.39 is 0 Å². The molecule has 1 aliphatic rings. The number of carbonyl (C=O) groups excluding carboxylic acids is 1. The molecule has 0 aromatic carbocycles. The van der Waals surface area contributed by atoms with Crippen LogP contribution in [0.3, 0.4) is 0 Å². The number of nitrogens with zero attached hydrogens (tertiary/aromatic N) is 1. The molecule has 0 aromatic rings. The maximum atomic E-state index is 12.1. The summed E-state index contributed by atoms with van der Waals surface area (Å²) in [6, 6.07) is 0.600. The second kappa shape index (κ2) is 8.54. The molecule has 1 aliphatic heterocycles. The molecule has 4 nitrogen and oxygen atoms in total. The van der Waals surface area contributed by atoms with Crippen LogP contribution in [0.5, 0.6) is 0 Å². The van der Waals surface area contributed by atoms with Crippen molar-refractivity contribution in [1.82, 2.24) is 15.5 Å². The van der Waals surface area contributed by atoms with Gasteiger partial charge in [-0.3, -0.25) is 4.79 Å². The van der Waals surface area contributed by atoms with Crippen LogP contribution >= 0.6 is 0 Å². The summed E-state index contributed by atoms with van der Waals surface area (Å²) in [5.74, 6) is 0.898. The van der Waals surface area contributed by atoms with Crippen LogP contribution in [0.4, 0.5) is 0 Å². The minimum atomic E-state index is 0.0292. The van der Waals surface area contributed by atoms with Crippen LogP contribution < -0.4 is 10.6 Å². The normalized spacial score (nSPS) is 23.9. The minimum Gasteiger partial charge on any atom is -0.355 e. The van der Waals surface area contributed by atoms with Crippen LogP contribution in [0.1, 0.15) is 46.5 Å². The summed E-state index contributed by atoms with van der Waals surface area (Å²) in [6.45, 7) is 9.39. The number of rotatable bonds is 7. The largest absolute Gasteiger partial charge is 0.355 e. The van der Waals surface area contributed by atoms with E-state index in [9.17, 15) is 4.79 Å². The van der Waals surface area contributed by atoms with Crippen LogP contribution in [-0.4, -0.2) is 49.6 Å². The van der Waals surface area contributed by atoms with Gasteiger partial charge in [0.15, 0.2) is 0 Å². The molecule has 0 spiro atoms. The first-order valence-corrected chi connectivity index (χ1v) is 7.76. The summed E-state index contributed by atoms with van der Waals surface area (Å²) in [5.41, 5.74) is 0. The van der Waals surface area contributed by atoms with Crippen LogP contribution in [0.2, 0.25) is 0 Å². The highest BCUT2D eigenvalue weighted by Crippen LogP contribution is 2.19. The van der Waals surface area contributed by atoms with E-state index in [1.807, 2.05) is 0 Å². The number of amides is 1. The third kappa shape index (κ3) is 5.91. The van der Waals surface area contributed by atoms with Gasteiger partial charge >= 0.3 is 0 Å². The lowest BCUT2D eigenvalue weighted by Gasteiger charge is -2.29. The number of nitrogens with one attached hydrogen (secondary N) is 2. The van der Waals surface area contributed by atoms with E-state index in [1.54, 1.807) is 0 Å². The van der Waals surface area contributed by atoms with Crippen molar-refractivity contribution in [1.29, 1.82) is 0 Å². The number of piperidine rings is 1. The molecule has 1 fully saturated rings. The highest BCUT2D eigenvalue weighted by molar-refractivity contribution is 5.81. The Hall–Kier alpha value is -0.610. The van der Waals surface area contributed by atoms with Crippen LogP contribution in [0.15, 0.2) is 0 Å². The second-order valence-electron chi connectivity index (χ2n) is 6.02. The van der Waals surface area contributed by atoms with Crippen molar-refractivity contribution in [3.8, 4) is 0 Å². The summed E-state index contributed by atoms with van der Waals surface area (Å²) in [7, 11) is 2.13. The summed E-state index contributed by atoms with van der Waals surface area (Å²) in [4.78, 5) is 14.4. The van der Waals surface area contributed by atoms with Crippen molar-refractivity contribution in [2.24, 2.45) is 5.92 Å². The third-order valence-electron chi connectivity index (χ3n) is 4.27. The maximum Gasteiger partial charge on any atom is 0.237 e. The smallest absolute Gasteiger partial charge is 0.237 e. The fourth-order valence-corrected chi connectivity index (χ4v) is 2.49. The molecule has 0 aliphatic carbocycles. The molecule has 2 N–H and O–H groups in total. The summed E-state index contributed by atoms with van der Waals surface area (Å²) < 4.78 is 0. The van der Waals surface area contributed by atoms with Crippen molar-refractivity contribution in [2.75, 3.05) is 26.7 Å². The molecule has 1 saturated heterocycles. The molecule has 0 bridgehead atoms. The van der Waals surface area contributed by atoms with Gasteiger partial charge in [-0.1, -0.05) is 13.3 Å². The zero-order valence-electron chi connectivity index (χ0n) is 13.0. The predicted molar refractivity (Wildman–Crippen MR) is 80.2 cm³/mol. The van der Waals surface area contributed by atoms with Crippen LogP contribution in [0.25, 0.3) is 0 Å². The lowest BCUT2D eigenvalue weighted by molar-refractivity contribution is -0.124. The average molecular weight is 269 g/mol. The van der Waals surface area contributed by atoms with E-state index >= 15 is 0 Å². The quantitative estimate of drug-likeness (QED) is 0.690. The van der Waals surface area contributed by atoms with Gasteiger partial charge in [-0.05, 0) is 59.2 Å². The first-order valence-electron chi connectivity index (χ1n) is 7.76. The number of hydrogen-bond donors (Lipinski definition) is 2. The Balaban J connectivity index is 2.17. The van der Waals surface area contributed by atoms with Crippen LogP contribution in [0, 0.1) is 5.92 Å². The molecule has 0 saturated carbocycles. The first kappa shape index (κ1) is 16.4. The van der Waals surface area contributed by atoms with Crippen molar-refractivity contribution in [2.45, 2.75) is 58.5 Å². The van der Waals surface area contributed by atoms with Crippen molar-refractivity contribution < 1.29 is 4.79 Å². The van der Waals surface area contributed by atoms with Crippen molar-refractivity contribution in [3.63, 3.8) is 0 Å². The van der Waals surface area contributed by atoms with Crippen molar-refractivity contribution in [3.05, 3.63) is 0 Å². The molecule has 1 rings (SSSR count). The van der Waals surface area contributed by atoms with Gasteiger partial charge < -0.3 is 15.5 Å². The average Bonchev–Trinajstić information content (AvgIpc) is 2.42. The molecule has 0 radical (unpaired) electrons. The lowest BCUT2D eigenvalue weighted by Crippen LogP contribution is -2.49. The van der Waals surface area contributed by atoms with Gasteiger partial charge in [0.1, 0.15) is 0 Å². The van der Waals surface area contributed by atoms with Gasteiger partial charge in [0.2, 0.25) is 5.91 Å². The molecule has 2 unspecified atom stereocenters. The van der Waals surface area contributed by atoms with E-state index in [0.717, 1.165) is 32.5 Å². The van der Waals surface area contributed by atoms with Gasteiger partial charge in [-0.2, -0.15) is 0 Å². The fraction of sp³-hybridized carbons (Fsp3) is 0.933. The molecule has 4 heteroatoms. The Morgan fingerprint density at radius 3 is 2.84 bits per heavy atom. The van der Waals surface area contributed by atoms with Gasteiger partial charge in [0, 0.05) is 12.6 Å². The standard InChI is InChI=1S/C15H31N3O/c1-5-13-7-9-16-14(11-13)15(19)17-8-6-10-18(4)12(2)3/h12-14,16H,5-11H2,1-4H3,(H,17,19). The van der Waals surface area contributed by atoms with E-state index in [2.05, 4.69) is 43.4 Å². The molecule has 1 heterocycles. The van der Waals surface area contributed by atoms with Gasteiger partial charge in [-0.25, -0.2) is 0 Å². The Bertz CT molecular complexity index is 268. The SMILES string of the molecule is CCC1CCNC(C(=O)NCCCN(C)C(C)C)C1. The van der Waals surface area contributed by atoms with E-state index in [1.165, 1.54) is 12.8 Å². The third-order valence-corrected chi connectivity index (χ3v) is 4.27. The Labute approximate surface area is 118 Å². The molecule has 19 heavy (non-hydrogen) atoms. The topological polar surface area (TPSA) is 44.4 Å².